The molecule has 0 aliphatic carbocycles. The lowest BCUT2D eigenvalue weighted by molar-refractivity contribution is -0.00377. The molecular formula is C14H17NO3. The van der Waals surface area contributed by atoms with E-state index in [1.807, 2.05) is 49.4 Å². The molecule has 2 rings (SSSR count). The fourth-order valence-electron chi connectivity index (χ4n) is 1.79. The normalized spacial score (nSPS) is 17.7. The van der Waals surface area contributed by atoms with Gasteiger partial charge < -0.3 is 9.47 Å². The summed E-state index contributed by atoms with van der Waals surface area (Å²) < 4.78 is 10.7. The van der Waals surface area contributed by atoms with Crippen LogP contribution in [0.2, 0.25) is 0 Å². The lowest BCUT2D eigenvalue weighted by Crippen LogP contribution is -2.39. The maximum Gasteiger partial charge on any atom is 0.412 e. The first-order valence-corrected chi connectivity index (χ1v) is 6.07. The second-order valence-electron chi connectivity index (χ2n) is 3.98. The minimum atomic E-state index is -0.349. The molecule has 0 spiro atoms. The standard InChI is InChI=1S/C14H17NO3/c1-2-15(13-9-6-10-17-13)14(16)18-11-12-7-4-3-5-8-12/h3-9,13H,2,10-11H2,1H3. The topological polar surface area (TPSA) is 38.8 Å². The Hall–Kier alpha value is -1.81. The molecule has 0 saturated heterocycles. The lowest BCUT2D eigenvalue weighted by atomic mass is 10.2. The molecule has 1 atom stereocenters. The third-order valence-corrected chi connectivity index (χ3v) is 2.75. The van der Waals surface area contributed by atoms with E-state index in [2.05, 4.69) is 0 Å². The van der Waals surface area contributed by atoms with Crippen molar-refractivity contribution in [2.75, 3.05) is 13.2 Å². The SMILES string of the molecule is CCN(C(=O)OCc1ccccc1)C1C=CCO1. The van der Waals surface area contributed by atoms with Crippen molar-refractivity contribution in [1.82, 2.24) is 4.90 Å². The zero-order valence-corrected chi connectivity index (χ0v) is 10.4. The van der Waals surface area contributed by atoms with E-state index in [0.29, 0.717) is 13.2 Å². The summed E-state index contributed by atoms with van der Waals surface area (Å²) >= 11 is 0. The Balaban J connectivity index is 1.88. The smallest absolute Gasteiger partial charge is 0.412 e. The van der Waals surface area contributed by atoms with Crippen molar-refractivity contribution < 1.29 is 14.3 Å². The van der Waals surface area contributed by atoms with Gasteiger partial charge in [-0.05, 0) is 18.6 Å². The second-order valence-corrected chi connectivity index (χ2v) is 3.98. The predicted molar refractivity (Wildman–Crippen MR) is 67.9 cm³/mol. The lowest BCUT2D eigenvalue weighted by Gasteiger charge is -2.25. The molecule has 4 heteroatoms. The number of hydrogen-bond donors (Lipinski definition) is 0. The Bertz CT molecular complexity index is 416. The van der Waals surface area contributed by atoms with Gasteiger partial charge in [-0.15, -0.1) is 0 Å². The maximum absolute atomic E-state index is 11.9. The van der Waals surface area contributed by atoms with Crippen LogP contribution in [0.25, 0.3) is 0 Å². The highest BCUT2D eigenvalue weighted by molar-refractivity contribution is 5.68. The third-order valence-electron chi connectivity index (χ3n) is 2.75. The highest BCUT2D eigenvalue weighted by Crippen LogP contribution is 2.12. The molecule has 1 aliphatic rings. The largest absolute Gasteiger partial charge is 0.444 e. The van der Waals surface area contributed by atoms with Crippen LogP contribution in [0.15, 0.2) is 42.5 Å². The minimum Gasteiger partial charge on any atom is -0.444 e. The first kappa shape index (κ1) is 12.6. The van der Waals surface area contributed by atoms with E-state index in [-0.39, 0.29) is 18.9 Å². The zero-order valence-electron chi connectivity index (χ0n) is 10.4. The number of rotatable bonds is 4. The van der Waals surface area contributed by atoms with E-state index in [1.165, 1.54) is 0 Å². The number of ether oxygens (including phenoxy) is 2. The molecule has 1 unspecified atom stereocenters. The molecule has 1 aliphatic heterocycles. The Morgan fingerprint density at radius 3 is 2.83 bits per heavy atom. The van der Waals surface area contributed by atoms with E-state index in [0.717, 1.165) is 5.56 Å². The quantitative estimate of drug-likeness (QED) is 0.767. The van der Waals surface area contributed by atoms with Gasteiger partial charge >= 0.3 is 6.09 Å². The summed E-state index contributed by atoms with van der Waals surface area (Å²) in [4.78, 5) is 13.5. The zero-order chi connectivity index (χ0) is 12.8. The molecule has 1 amide bonds. The average Bonchev–Trinajstić information content (AvgIpc) is 2.92. The van der Waals surface area contributed by atoms with Crippen LogP contribution in [-0.2, 0) is 16.1 Å². The van der Waals surface area contributed by atoms with Gasteiger partial charge in [0.2, 0.25) is 0 Å². The van der Waals surface area contributed by atoms with Crippen LogP contribution in [0.4, 0.5) is 4.79 Å². The van der Waals surface area contributed by atoms with Crippen molar-refractivity contribution >= 4 is 6.09 Å². The molecule has 0 saturated carbocycles. The van der Waals surface area contributed by atoms with Gasteiger partial charge in [-0.2, -0.15) is 0 Å². The molecule has 96 valence electrons. The summed E-state index contributed by atoms with van der Waals surface area (Å²) in [7, 11) is 0. The second kappa shape index (κ2) is 6.21. The fourth-order valence-corrected chi connectivity index (χ4v) is 1.79. The van der Waals surface area contributed by atoms with Crippen molar-refractivity contribution in [3.8, 4) is 0 Å². The molecule has 0 N–H and O–H groups in total. The van der Waals surface area contributed by atoms with Crippen molar-refractivity contribution in [3.63, 3.8) is 0 Å². The van der Waals surface area contributed by atoms with Gasteiger partial charge in [-0.25, -0.2) is 4.79 Å². The third kappa shape index (κ3) is 3.11. The van der Waals surface area contributed by atoms with Crippen molar-refractivity contribution in [1.29, 1.82) is 0 Å². The fraction of sp³-hybridized carbons (Fsp3) is 0.357. The van der Waals surface area contributed by atoms with E-state index in [9.17, 15) is 4.79 Å². The van der Waals surface area contributed by atoms with Crippen LogP contribution in [0.1, 0.15) is 12.5 Å². The average molecular weight is 247 g/mol. The van der Waals surface area contributed by atoms with Crippen molar-refractivity contribution in [2.24, 2.45) is 0 Å². The summed E-state index contributed by atoms with van der Waals surface area (Å²) in [5, 5.41) is 0. The summed E-state index contributed by atoms with van der Waals surface area (Å²) in [6.45, 7) is 3.29. The first-order chi connectivity index (χ1) is 8.81. The summed E-state index contributed by atoms with van der Waals surface area (Å²) in [6.07, 6.45) is 3.13. The van der Waals surface area contributed by atoms with E-state index >= 15 is 0 Å². The Labute approximate surface area is 107 Å². The Morgan fingerprint density at radius 2 is 2.22 bits per heavy atom. The van der Waals surface area contributed by atoms with Gasteiger partial charge in [0.05, 0.1) is 6.61 Å². The monoisotopic (exact) mass is 247 g/mol. The van der Waals surface area contributed by atoms with Gasteiger partial charge in [0, 0.05) is 6.54 Å². The number of benzene rings is 1. The number of carbonyl (C=O) groups is 1. The van der Waals surface area contributed by atoms with Crippen LogP contribution in [0.5, 0.6) is 0 Å². The summed E-state index contributed by atoms with van der Waals surface area (Å²) in [5.74, 6) is 0. The molecule has 1 aromatic rings. The number of nitrogens with zero attached hydrogens (tertiary/aromatic N) is 1. The van der Waals surface area contributed by atoms with Gasteiger partial charge in [0.25, 0.3) is 0 Å². The Kier molecular flexibility index (Phi) is 4.36. The molecule has 0 radical (unpaired) electrons. The van der Waals surface area contributed by atoms with Crippen LogP contribution >= 0.6 is 0 Å². The summed E-state index contributed by atoms with van der Waals surface area (Å²) in [6, 6.07) is 9.62. The summed E-state index contributed by atoms with van der Waals surface area (Å²) in [5.41, 5.74) is 0.977. The molecular weight excluding hydrogens is 230 g/mol. The van der Waals surface area contributed by atoms with Gasteiger partial charge in [-0.3, -0.25) is 4.90 Å². The molecule has 0 fully saturated rings. The Morgan fingerprint density at radius 1 is 1.44 bits per heavy atom. The number of amides is 1. The number of carbonyl (C=O) groups excluding carboxylic acids is 1. The molecule has 0 bridgehead atoms. The van der Waals surface area contributed by atoms with Crippen LogP contribution in [-0.4, -0.2) is 30.4 Å². The molecule has 1 heterocycles. The predicted octanol–water partition coefficient (Wildman–Crippen LogP) is 2.56. The molecule has 4 nitrogen and oxygen atoms in total. The van der Waals surface area contributed by atoms with Gasteiger partial charge in [-0.1, -0.05) is 36.4 Å². The number of likely N-dealkylation sites (N-methyl/N-ethyl adjacent to an activating group) is 1. The van der Waals surface area contributed by atoms with Gasteiger partial charge in [0.1, 0.15) is 6.61 Å². The first-order valence-electron chi connectivity index (χ1n) is 6.07. The van der Waals surface area contributed by atoms with Crippen molar-refractivity contribution in [2.45, 2.75) is 19.8 Å². The molecule has 1 aromatic carbocycles. The van der Waals surface area contributed by atoms with Gasteiger partial charge in [0.15, 0.2) is 6.23 Å². The highest BCUT2D eigenvalue weighted by atomic mass is 16.6. The molecule has 18 heavy (non-hydrogen) atoms. The minimum absolute atomic E-state index is 0.284. The van der Waals surface area contributed by atoms with E-state index < -0.39 is 0 Å². The highest BCUT2D eigenvalue weighted by Gasteiger charge is 2.23. The molecule has 0 aromatic heterocycles. The van der Waals surface area contributed by atoms with Crippen LogP contribution < -0.4 is 0 Å². The van der Waals surface area contributed by atoms with E-state index in [1.54, 1.807) is 4.90 Å². The maximum atomic E-state index is 11.9. The van der Waals surface area contributed by atoms with Crippen molar-refractivity contribution in [3.05, 3.63) is 48.0 Å². The number of hydrogen-bond acceptors (Lipinski definition) is 3. The van der Waals surface area contributed by atoms with Crippen LogP contribution in [0, 0.1) is 0 Å². The van der Waals surface area contributed by atoms with Crippen LogP contribution in [0.3, 0.4) is 0 Å². The van der Waals surface area contributed by atoms with E-state index in [4.69, 9.17) is 9.47 Å².